The molecular formula is C28H30N6O4S. The minimum atomic E-state index is -3.53. The van der Waals surface area contributed by atoms with Crippen LogP contribution in [-0.4, -0.2) is 72.9 Å². The summed E-state index contributed by atoms with van der Waals surface area (Å²) in [6.45, 7) is 4.56. The van der Waals surface area contributed by atoms with E-state index in [1.54, 1.807) is 18.5 Å². The Kier molecular flexibility index (Phi) is 8.22. The van der Waals surface area contributed by atoms with Gasteiger partial charge in [0.2, 0.25) is 15.9 Å². The first kappa shape index (κ1) is 27.7. The van der Waals surface area contributed by atoms with Crippen LogP contribution in [0.1, 0.15) is 22.3 Å². The van der Waals surface area contributed by atoms with Gasteiger partial charge in [-0.2, -0.15) is 0 Å². The highest BCUT2D eigenvalue weighted by atomic mass is 32.2. The van der Waals surface area contributed by atoms with E-state index in [1.165, 1.54) is 18.5 Å². The van der Waals surface area contributed by atoms with Crippen molar-refractivity contribution in [2.45, 2.75) is 12.5 Å². The number of amidine groups is 1. The van der Waals surface area contributed by atoms with Gasteiger partial charge < -0.3 is 15.5 Å². The number of pyridine rings is 1. The van der Waals surface area contributed by atoms with Gasteiger partial charge in [-0.15, -0.1) is 0 Å². The Bertz CT molecular complexity index is 1570. The first-order valence-electron chi connectivity index (χ1n) is 12.2. The lowest BCUT2D eigenvalue weighted by atomic mass is 10.0. The lowest BCUT2D eigenvalue weighted by Crippen LogP contribution is -2.49. The molecule has 0 saturated heterocycles. The van der Waals surface area contributed by atoms with Crippen LogP contribution < -0.4 is 10.6 Å². The van der Waals surface area contributed by atoms with E-state index in [4.69, 9.17) is 0 Å². The van der Waals surface area contributed by atoms with Crippen LogP contribution in [-0.2, 0) is 14.8 Å². The first-order chi connectivity index (χ1) is 18.5. The third kappa shape index (κ3) is 6.95. The molecule has 1 aliphatic heterocycles. The summed E-state index contributed by atoms with van der Waals surface area (Å²) in [4.78, 5) is 36.7. The molecule has 0 saturated carbocycles. The van der Waals surface area contributed by atoms with Crippen LogP contribution in [0.25, 0.3) is 16.8 Å². The molecule has 0 aliphatic carbocycles. The molecule has 0 bridgehead atoms. The zero-order valence-corrected chi connectivity index (χ0v) is 22.8. The van der Waals surface area contributed by atoms with Crippen molar-refractivity contribution in [3.63, 3.8) is 0 Å². The van der Waals surface area contributed by atoms with E-state index in [0.29, 0.717) is 30.1 Å². The van der Waals surface area contributed by atoms with Crippen molar-refractivity contribution in [1.29, 1.82) is 0 Å². The quantitative estimate of drug-likeness (QED) is 0.425. The number of hydrogen-bond acceptors (Lipinski definition) is 7. The lowest BCUT2D eigenvalue weighted by molar-refractivity contribution is -0.121. The van der Waals surface area contributed by atoms with Crippen molar-refractivity contribution < 1.29 is 18.0 Å². The average molecular weight is 547 g/mol. The highest BCUT2D eigenvalue weighted by molar-refractivity contribution is 7.89. The Labute approximate surface area is 227 Å². The van der Waals surface area contributed by atoms with E-state index in [1.807, 2.05) is 55.4 Å². The predicted octanol–water partition coefficient (Wildman–Crippen LogP) is 2.53. The smallest absolute Gasteiger partial charge is 0.253 e. The molecule has 1 atom stereocenters. The maximum absolute atomic E-state index is 13.3. The normalized spacial score (nSPS) is 14.1. The van der Waals surface area contributed by atoms with Crippen LogP contribution in [0.2, 0.25) is 0 Å². The summed E-state index contributed by atoms with van der Waals surface area (Å²) < 4.78 is 24.5. The van der Waals surface area contributed by atoms with Crippen LogP contribution in [0.15, 0.2) is 90.5 Å². The van der Waals surface area contributed by atoms with Gasteiger partial charge in [0.05, 0.1) is 17.5 Å². The number of aliphatic imine (C=N–C) groups is 1. The molecule has 1 aromatic carbocycles. The average Bonchev–Trinajstić information content (AvgIpc) is 3.55. The maximum atomic E-state index is 13.3. The number of carbonyl (C=O) groups is 2. The van der Waals surface area contributed by atoms with E-state index < -0.39 is 27.9 Å². The molecule has 0 unspecified atom stereocenters. The third-order valence-electron chi connectivity index (χ3n) is 6.06. The fourth-order valence-electron chi connectivity index (χ4n) is 3.94. The van der Waals surface area contributed by atoms with E-state index in [2.05, 4.69) is 27.2 Å². The Balaban J connectivity index is 1.49. The van der Waals surface area contributed by atoms with Crippen molar-refractivity contribution >= 4 is 33.4 Å². The second-order valence-electron chi connectivity index (χ2n) is 9.43. The van der Waals surface area contributed by atoms with Crippen molar-refractivity contribution in [3.8, 4) is 11.1 Å². The van der Waals surface area contributed by atoms with Crippen LogP contribution in [0.4, 0.5) is 0 Å². The topological polar surface area (TPSA) is 126 Å². The second-order valence-corrected chi connectivity index (χ2v) is 11.3. The van der Waals surface area contributed by atoms with Gasteiger partial charge in [-0.3, -0.25) is 18.5 Å². The SMILES string of the molecule is C=C1C=C(c2cccc(-c3ccncc3)c2)N=C1NC(=O)[C@@H](CCN(C)C)NC(=O)c1ccn(S(C)(=O)=O)c1. The Morgan fingerprint density at radius 1 is 1.08 bits per heavy atom. The minimum absolute atomic E-state index is 0.128. The number of carbonyl (C=O) groups excluding carboxylic acids is 2. The summed E-state index contributed by atoms with van der Waals surface area (Å²) in [6, 6.07) is 12.2. The maximum Gasteiger partial charge on any atom is 0.253 e. The molecule has 2 aromatic heterocycles. The molecular weight excluding hydrogens is 516 g/mol. The molecule has 11 heteroatoms. The van der Waals surface area contributed by atoms with Crippen LogP contribution in [0, 0.1) is 0 Å². The van der Waals surface area contributed by atoms with Crippen molar-refractivity contribution in [3.05, 3.63) is 96.6 Å². The summed E-state index contributed by atoms with van der Waals surface area (Å²) in [5.74, 6) is -0.709. The number of benzene rings is 1. The molecule has 0 spiro atoms. The van der Waals surface area contributed by atoms with Gasteiger partial charge in [0, 0.05) is 35.9 Å². The molecule has 1 aliphatic rings. The molecule has 3 heterocycles. The van der Waals surface area contributed by atoms with E-state index in [-0.39, 0.29) is 5.56 Å². The Morgan fingerprint density at radius 2 is 1.79 bits per heavy atom. The molecule has 202 valence electrons. The Hall–Kier alpha value is -4.35. The number of aromatic nitrogens is 2. The largest absolute Gasteiger partial charge is 0.340 e. The van der Waals surface area contributed by atoms with Crippen molar-refractivity contribution in [2.24, 2.45) is 4.99 Å². The van der Waals surface area contributed by atoms with E-state index in [0.717, 1.165) is 26.9 Å². The van der Waals surface area contributed by atoms with Crippen LogP contribution in [0.5, 0.6) is 0 Å². The summed E-state index contributed by atoms with van der Waals surface area (Å²) >= 11 is 0. The third-order valence-corrected chi connectivity index (χ3v) is 7.05. The molecule has 0 radical (unpaired) electrons. The number of amides is 2. The highest BCUT2D eigenvalue weighted by Crippen LogP contribution is 2.28. The molecule has 2 amide bonds. The van der Waals surface area contributed by atoms with Crippen LogP contribution in [0.3, 0.4) is 0 Å². The molecule has 10 nitrogen and oxygen atoms in total. The summed E-state index contributed by atoms with van der Waals surface area (Å²) in [5.41, 5.74) is 4.21. The molecule has 39 heavy (non-hydrogen) atoms. The zero-order valence-electron chi connectivity index (χ0n) is 22.0. The first-order valence-corrected chi connectivity index (χ1v) is 14.0. The fraction of sp³-hybridized carbons (Fsp3) is 0.214. The summed E-state index contributed by atoms with van der Waals surface area (Å²) in [7, 11) is 0.193. The molecule has 0 fully saturated rings. The van der Waals surface area contributed by atoms with Gasteiger partial charge in [-0.1, -0.05) is 24.8 Å². The van der Waals surface area contributed by atoms with E-state index in [9.17, 15) is 18.0 Å². The van der Waals surface area contributed by atoms with Gasteiger partial charge in [0.25, 0.3) is 5.91 Å². The molecule has 2 N–H and O–H groups in total. The Morgan fingerprint density at radius 3 is 2.46 bits per heavy atom. The van der Waals surface area contributed by atoms with Crippen LogP contribution >= 0.6 is 0 Å². The van der Waals surface area contributed by atoms with E-state index >= 15 is 0 Å². The van der Waals surface area contributed by atoms with Gasteiger partial charge in [-0.25, -0.2) is 13.4 Å². The zero-order chi connectivity index (χ0) is 28.2. The highest BCUT2D eigenvalue weighted by Gasteiger charge is 2.25. The van der Waals surface area contributed by atoms with Gasteiger partial charge in [0.15, 0.2) is 0 Å². The lowest BCUT2D eigenvalue weighted by Gasteiger charge is -2.20. The van der Waals surface area contributed by atoms with Crippen molar-refractivity contribution in [1.82, 2.24) is 24.5 Å². The van der Waals surface area contributed by atoms with Gasteiger partial charge >= 0.3 is 0 Å². The van der Waals surface area contributed by atoms with Gasteiger partial charge in [-0.05, 0) is 68.5 Å². The number of nitrogens with one attached hydrogen (secondary N) is 2. The molecule has 4 rings (SSSR count). The van der Waals surface area contributed by atoms with Crippen molar-refractivity contribution in [2.75, 3.05) is 26.9 Å². The number of hydrogen-bond donors (Lipinski definition) is 2. The molecule has 3 aromatic rings. The monoisotopic (exact) mass is 546 g/mol. The second kappa shape index (κ2) is 11.6. The predicted molar refractivity (Wildman–Crippen MR) is 151 cm³/mol. The summed E-state index contributed by atoms with van der Waals surface area (Å²) in [5, 5.41) is 5.52. The van der Waals surface area contributed by atoms with Gasteiger partial charge in [0.1, 0.15) is 11.9 Å². The minimum Gasteiger partial charge on any atom is -0.340 e. The summed E-state index contributed by atoms with van der Waals surface area (Å²) in [6.07, 6.45) is 9.12. The fourth-order valence-corrected chi connectivity index (χ4v) is 4.52. The number of rotatable bonds is 9. The standard InChI is InChI=1S/C28H30N6O4S/c1-19-16-25(22-7-5-6-21(17-22)20-8-12-29-13-9-20)30-26(19)32-28(36)24(11-14-33(2)3)31-27(35)23-10-15-34(18-23)39(4,37)38/h5-10,12-13,15-18,24H,1,11,14H2,2-4H3,(H,31,35)(H,30,32,36)/t24-/m1/s1. The number of nitrogens with zero attached hydrogens (tertiary/aromatic N) is 4.